The van der Waals surface area contributed by atoms with Gasteiger partial charge in [0.15, 0.2) is 0 Å². The normalized spacial score (nSPS) is 23.5. The Morgan fingerprint density at radius 2 is 2.08 bits per heavy atom. The fourth-order valence-corrected chi connectivity index (χ4v) is 4.14. The molecule has 2 heterocycles. The van der Waals surface area contributed by atoms with Gasteiger partial charge in [0.25, 0.3) is 5.56 Å². The summed E-state index contributed by atoms with van der Waals surface area (Å²) in [6, 6.07) is 9.79. The molecule has 1 saturated heterocycles. The predicted molar refractivity (Wildman–Crippen MR) is 92.1 cm³/mol. The summed E-state index contributed by atoms with van der Waals surface area (Å²) in [5, 5.41) is -0.647. The molecule has 1 aromatic heterocycles. The first-order valence-electron chi connectivity index (χ1n) is 7.78. The van der Waals surface area contributed by atoms with Crippen molar-refractivity contribution in [3.05, 3.63) is 68.5 Å². The number of benzene rings is 1. The highest BCUT2D eigenvalue weighted by molar-refractivity contribution is 8.00. The highest BCUT2D eigenvalue weighted by atomic mass is 32.2. The molecule has 0 bridgehead atoms. The summed E-state index contributed by atoms with van der Waals surface area (Å²) in [5.41, 5.74) is 0.460. The van der Waals surface area contributed by atoms with E-state index in [2.05, 4.69) is 4.98 Å². The van der Waals surface area contributed by atoms with Crippen LogP contribution in [0, 0.1) is 6.92 Å². The third-order valence-corrected chi connectivity index (χ3v) is 5.48. The Bertz CT molecular complexity index is 805. The minimum absolute atomic E-state index is 0.0205. The number of ether oxygens (including phenoxy) is 1. The van der Waals surface area contributed by atoms with Crippen molar-refractivity contribution in [1.29, 1.82) is 0 Å². The van der Waals surface area contributed by atoms with Crippen LogP contribution in [0.1, 0.15) is 22.9 Å². The molecule has 2 unspecified atom stereocenters. The average molecular weight is 350 g/mol. The fraction of sp³-hybridized carbons (Fsp3) is 0.412. The molecule has 0 aliphatic carbocycles. The van der Waals surface area contributed by atoms with E-state index < -0.39 is 22.8 Å². The van der Waals surface area contributed by atoms with Crippen LogP contribution < -0.4 is 11.2 Å². The molecular formula is C17H19FN2O3S. The molecule has 0 amide bonds. The molecule has 0 spiro atoms. The van der Waals surface area contributed by atoms with Crippen LogP contribution in [-0.2, 0) is 11.3 Å². The van der Waals surface area contributed by atoms with E-state index in [0.29, 0.717) is 25.2 Å². The number of nitrogens with one attached hydrogen (secondary N) is 1. The second-order valence-corrected chi connectivity index (χ2v) is 7.30. The number of aromatic nitrogens is 2. The summed E-state index contributed by atoms with van der Waals surface area (Å²) in [4.78, 5) is 25.6. The van der Waals surface area contributed by atoms with Gasteiger partial charge in [-0.2, -0.15) is 0 Å². The maximum Gasteiger partial charge on any atom is 0.329 e. The van der Waals surface area contributed by atoms with Crippen molar-refractivity contribution in [2.45, 2.75) is 36.7 Å². The van der Waals surface area contributed by atoms with Crippen LogP contribution in [0.2, 0.25) is 0 Å². The Labute approximate surface area is 142 Å². The van der Waals surface area contributed by atoms with E-state index in [9.17, 15) is 14.0 Å². The third kappa shape index (κ3) is 3.79. The maximum absolute atomic E-state index is 14.4. The lowest BCUT2D eigenvalue weighted by Gasteiger charge is -2.16. The molecule has 3 atom stereocenters. The van der Waals surface area contributed by atoms with Gasteiger partial charge in [0.05, 0.1) is 13.2 Å². The fourth-order valence-electron chi connectivity index (χ4n) is 2.71. The van der Waals surface area contributed by atoms with E-state index in [4.69, 9.17) is 4.74 Å². The summed E-state index contributed by atoms with van der Waals surface area (Å²) in [7, 11) is 0. The number of halogens is 1. The largest absolute Gasteiger partial charge is 0.376 e. The van der Waals surface area contributed by atoms with Crippen LogP contribution in [-0.4, -0.2) is 27.6 Å². The van der Waals surface area contributed by atoms with Crippen molar-refractivity contribution in [3.63, 3.8) is 0 Å². The Kier molecular flexibility index (Phi) is 5.20. The van der Waals surface area contributed by atoms with Gasteiger partial charge < -0.3 is 4.74 Å². The van der Waals surface area contributed by atoms with Crippen molar-refractivity contribution in [2.24, 2.45) is 0 Å². The second kappa shape index (κ2) is 7.36. The van der Waals surface area contributed by atoms with Gasteiger partial charge in [0, 0.05) is 17.0 Å². The molecule has 2 aromatic rings. The number of hydrogen-bond acceptors (Lipinski definition) is 4. The zero-order valence-electron chi connectivity index (χ0n) is 13.3. The summed E-state index contributed by atoms with van der Waals surface area (Å²) in [6.45, 7) is 2.51. The van der Waals surface area contributed by atoms with Gasteiger partial charge in [0.1, 0.15) is 11.5 Å². The summed E-state index contributed by atoms with van der Waals surface area (Å²) in [6.07, 6.45) is 0.608. The van der Waals surface area contributed by atoms with Crippen LogP contribution in [0.3, 0.4) is 0 Å². The molecule has 1 N–H and O–H groups in total. The first-order chi connectivity index (χ1) is 11.5. The van der Waals surface area contributed by atoms with E-state index in [-0.39, 0.29) is 5.25 Å². The number of nitrogens with zero attached hydrogens (tertiary/aromatic N) is 1. The van der Waals surface area contributed by atoms with Crippen molar-refractivity contribution in [1.82, 2.24) is 9.55 Å². The predicted octanol–water partition coefficient (Wildman–Crippen LogP) is 2.40. The van der Waals surface area contributed by atoms with Crippen LogP contribution in [0.5, 0.6) is 0 Å². The first kappa shape index (κ1) is 17.0. The summed E-state index contributed by atoms with van der Waals surface area (Å²) >= 11 is 1.38. The van der Waals surface area contributed by atoms with Crippen LogP contribution in [0.4, 0.5) is 4.39 Å². The van der Waals surface area contributed by atoms with Crippen molar-refractivity contribution >= 4 is 11.8 Å². The molecule has 1 aromatic carbocycles. The van der Waals surface area contributed by atoms with E-state index in [1.165, 1.54) is 22.5 Å². The van der Waals surface area contributed by atoms with Crippen molar-refractivity contribution in [3.8, 4) is 0 Å². The number of alkyl halides is 1. The van der Waals surface area contributed by atoms with E-state index in [1.807, 2.05) is 30.3 Å². The van der Waals surface area contributed by atoms with Gasteiger partial charge in [-0.15, -0.1) is 11.8 Å². The number of aryl methyl sites for hydroxylation is 1. The molecule has 0 saturated carbocycles. The highest BCUT2D eigenvalue weighted by Gasteiger charge is 2.37. The average Bonchev–Trinajstić information content (AvgIpc) is 2.92. The smallest absolute Gasteiger partial charge is 0.329 e. The van der Waals surface area contributed by atoms with E-state index in [1.54, 1.807) is 6.92 Å². The Hall–Kier alpha value is -1.86. The highest BCUT2D eigenvalue weighted by Crippen LogP contribution is 2.42. The van der Waals surface area contributed by atoms with E-state index >= 15 is 0 Å². The second-order valence-electron chi connectivity index (χ2n) is 5.88. The van der Waals surface area contributed by atoms with Gasteiger partial charge in [0.2, 0.25) is 0 Å². The Balaban J connectivity index is 1.62. The number of thioether (sulfide) groups is 1. The van der Waals surface area contributed by atoms with Gasteiger partial charge in [-0.25, -0.2) is 9.18 Å². The molecule has 1 aliphatic rings. The number of H-pyrrole nitrogens is 1. The zero-order valence-corrected chi connectivity index (χ0v) is 14.1. The van der Waals surface area contributed by atoms with Crippen LogP contribution in [0.15, 0.2) is 46.1 Å². The maximum atomic E-state index is 14.4. The van der Waals surface area contributed by atoms with Gasteiger partial charge >= 0.3 is 5.69 Å². The van der Waals surface area contributed by atoms with E-state index in [0.717, 1.165) is 5.56 Å². The number of hydrogen-bond donors (Lipinski definition) is 1. The monoisotopic (exact) mass is 350 g/mol. The lowest BCUT2D eigenvalue weighted by molar-refractivity contribution is 0.117. The molecule has 128 valence electrons. The summed E-state index contributed by atoms with van der Waals surface area (Å²) in [5.74, 6) is 0. The standard InChI is InChI=1S/C17H19FN2O3S/c1-11-8-20(17(22)19-15(11)21)16-14(18)7-13(24-16)10-23-9-12-5-3-2-4-6-12/h2-6,8,13-14,16H,7,9-10H2,1H3,(H,19,21,22)/t13-,14?,16?/m0/s1. The van der Waals surface area contributed by atoms with Crippen molar-refractivity contribution in [2.75, 3.05) is 6.61 Å². The summed E-state index contributed by atoms with van der Waals surface area (Å²) < 4.78 is 21.3. The molecule has 3 rings (SSSR count). The molecule has 1 aliphatic heterocycles. The number of aromatic amines is 1. The molecule has 5 nitrogen and oxygen atoms in total. The van der Waals surface area contributed by atoms with Crippen LogP contribution >= 0.6 is 11.8 Å². The molecule has 1 fully saturated rings. The Morgan fingerprint density at radius 1 is 1.33 bits per heavy atom. The SMILES string of the molecule is Cc1cn(C2S[C@H](COCc3ccccc3)CC2F)c(=O)[nH]c1=O. The zero-order chi connectivity index (χ0) is 17.1. The number of rotatable bonds is 5. The van der Waals surface area contributed by atoms with Crippen LogP contribution in [0.25, 0.3) is 0 Å². The first-order valence-corrected chi connectivity index (χ1v) is 8.72. The topological polar surface area (TPSA) is 64.1 Å². The lowest BCUT2D eigenvalue weighted by Crippen LogP contribution is -2.34. The Morgan fingerprint density at radius 3 is 2.83 bits per heavy atom. The quantitative estimate of drug-likeness (QED) is 0.899. The van der Waals surface area contributed by atoms with Gasteiger partial charge in [-0.05, 0) is 18.9 Å². The molecule has 7 heteroatoms. The third-order valence-electron chi connectivity index (χ3n) is 3.96. The molecule has 24 heavy (non-hydrogen) atoms. The van der Waals surface area contributed by atoms with Crippen molar-refractivity contribution < 1.29 is 9.13 Å². The van der Waals surface area contributed by atoms with Gasteiger partial charge in [-0.3, -0.25) is 14.3 Å². The lowest BCUT2D eigenvalue weighted by atomic mass is 10.2. The minimum Gasteiger partial charge on any atom is -0.376 e. The van der Waals surface area contributed by atoms with Gasteiger partial charge in [-0.1, -0.05) is 30.3 Å². The molecule has 0 radical (unpaired) electrons. The minimum atomic E-state index is -1.15. The molecular weight excluding hydrogens is 331 g/mol.